The molecule has 6 aliphatic carbocycles. The molecule has 8 rings (SSSR count). The summed E-state index contributed by atoms with van der Waals surface area (Å²) >= 11 is 1.55. The number of carbonyl (C=O) groups is 2. The first-order chi connectivity index (χ1) is 23.3. The van der Waals surface area contributed by atoms with E-state index in [2.05, 4.69) is 37.4 Å². The van der Waals surface area contributed by atoms with Crippen molar-refractivity contribution in [3.05, 3.63) is 81.6 Å². The normalized spacial score (nSPS) is 37.9. The van der Waals surface area contributed by atoms with Gasteiger partial charge in [0.2, 0.25) is 0 Å². The molecule has 6 aliphatic rings. The molecule has 1 aromatic carbocycles. The first-order valence-corrected chi connectivity index (χ1v) is 19.2. The van der Waals surface area contributed by atoms with Crippen molar-refractivity contribution in [2.75, 3.05) is 26.8 Å². The quantitative estimate of drug-likeness (QED) is 0.136. The van der Waals surface area contributed by atoms with E-state index in [1.165, 1.54) is 0 Å². The predicted molar refractivity (Wildman–Crippen MR) is 193 cm³/mol. The summed E-state index contributed by atoms with van der Waals surface area (Å²) in [6.45, 7) is 9.91. The fourth-order valence-corrected chi connectivity index (χ4v) is 12.2. The van der Waals surface area contributed by atoms with E-state index in [4.69, 9.17) is 4.74 Å². The number of nitrogens with one attached hydrogen (secondary N) is 1. The lowest BCUT2D eigenvalue weighted by Crippen LogP contribution is -2.67. The molecule has 2 amide bonds. The Hall–Kier alpha value is -2.78. The van der Waals surface area contributed by atoms with Crippen LogP contribution in [0.1, 0.15) is 98.3 Å². The van der Waals surface area contributed by atoms with Crippen LogP contribution in [-0.4, -0.2) is 65.4 Å². The number of aryl methyl sites for hydroxylation is 1. The Kier molecular flexibility index (Phi) is 8.82. The van der Waals surface area contributed by atoms with Crippen molar-refractivity contribution in [3.8, 4) is 0 Å². The van der Waals surface area contributed by atoms with Gasteiger partial charge in [-0.15, -0.1) is 11.3 Å². The first kappa shape index (κ1) is 34.7. The van der Waals surface area contributed by atoms with Crippen molar-refractivity contribution in [2.45, 2.75) is 96.8 Å². The fourth-order valence-electron chi connectivity index (χ4n) is 11.4. The highest BCUT2D eigenvalue weighted by atomic mass is 32.1. The second-order valence-electron chi connectivity index (χ2n) is 16.4. The lowest BCUT2D eigenvalue weighted by molar-refractivity contribution is -0.174. The van der Waals surface area contributed by atoms with E-state index in [0.29, 0.717) is 32.4 Å². The number of aliphatic hydroxyl groups is 2. The maximum Gasteiger partial charge on any atom is 0.317 e. The summed E-state index contributed by atoms with van der Waals surface area (Å²) in [5.74, 6) is 0.366. The van der Waals surface area contributed by atoms with Crippen LogP contribution < -0.4 is 5.32 Å². The number of nitrogens with zero attached hydrogens (tertiary/aromatic N) is 1. The number of fused-ring (bicyclic) bond motifs is 1. The predicted octanol–water partition coefficient (Wildman–Crippen LogP) is 7.64. The molecule has 8 heteroatoms. The van der Waals surface area contributed by atoms with Crippen molar-refractivity contribution >= 4 is 23.2 Å². The van der Waals surface area contributed by atoms with Crippen LogP contribution in [0.4, 0.5) is 4.79 Å². The number of carbonyl (C=O) groups excluding carboxylic acids is 2. The molecule has 3 fully saturated rings. The Balaban J connectivity index is 1.25. The summed E-state index contributed by atoms with van der Waals surface area (Å²) in [6.07, 6.45) is 12.7. The SMILES string of the molecule is COCCCN(CC1(O)CCC2C34C=CC5(C=C3C(=O)c3ccc(C)s3)CC(O)CCC5(C)C4CCC21C)C(=O)NC(C)c1ccccc1. The molecule has 49 heavy (non-hydrogen) atoms. The number of allylic oxidation sites excluding steroid dienone is 4. The zero-order chi connectivity index (χ0) is 34.8. The van der Waals surface area contributed by atoms with Crippen molar-refractivity contribution in [3.63, 3.8) is 0 Å². The van der Waals surface area contributed by atoms with Crippen LogP contribution in [0.15, 0.2) is 66.3 Å². The summed E-state index contributed by atoms with van der Waals surface area (Å²) in [5.41, 5.74) is -0.709. The number of urea groups is 1. The van der Waals surface area contributed by atoms with Crippen LogP contribution in [0.2, 0.25) is 0 Å². The van der Waals surface area contributed by atoms with Crippen molar-refractivity contribution < 1.29 is 24.5 Å². The summed E-state index contributed by atoms with van der Waals surface area (Å²) in [6, 6.07) is 13.6. The second-order valence-corrected chi connectivity index (χ2v) is 17.7. The number of hydrogen-bond acceptors (Lipinski definition) is 6. The van der Waals surface area contributed by atoms with Gasteiger partial charge in [-0.05, 0) is 100 Å². The second kappa shape index (κ2) is 12.5. The van der Waals surface area contributed by atoms with E-state index in [1.807, 2.05) is 56.3 Å². The number of methoxy groups -OCH3 is 1. The van der Waals surface area contributed by atoms with Gasteiger partial charge in [-0.3, -0.25) is 4.79 Å². The fraction of sp³-hybridized carbons (Fsp3) is 0.610. The Labute approximate surface area is 295 Å². The number of ketones is 1. The molecule has 3 saturated carbocycles. The molecule has 2 spiro atoms. The molecule has 1 heterocycles. The average molecular weight is 687 g/mol. The molecule has 9 atom stereocenters. The van der Waals surface area contributed by atoms with Crippen LogP contribution >= 0.6 is 11.3 Å². The third-order valence-corrected chi connectivity index (χ3v) is 15.1. The van der Waals surface area contributed by atoms with E-state index < -0.39 is 16.4 Å². The van der Waals surface area contributed by atoms with Gasteiger partial charge in [0.05, 0.1) is 29.2 Å². The van der Waals surface area contributed by atoms with Crippen LogP contribution in [0.3, 0.4) is 0 Å². The highest BCUT2D eigenvalue weighted by Gasteiger charge is 2.74. The van der Waals surface area contributed by atoms with Gasteiger partial charge in [0.25, 0.3) is 0 Å². The molecule has 3 N–H and O–H groups in total. The highest BCUT2D eigenvalue weighted by molar-refractivity contribution is 7.14. The molecule has 2 aromatic rings. The van der Waals surface area contributed by atoms with Gasteiger partial charge in [0, 0.05) is 47.0 Å². The van der Waals surface area contributed by atoms with E-state index in [0.717, 1.165) is 53.0 Å². The molecular weight excluding hydrogens is 633 g/mol. The van der Waals surface area contributed by atoms with Crippen LogP contribution in [0.25, 0.3) is 0 Å². The Morgan fingerprint density at radius 3 is 2.45 bits per heavy atom. The molecular formula is C41H54N2O5S. The van der Waals surface area contributed by atoms with Crippen molar-refractivity contribution in [1.82, 2.24) is 10.2 Å². The van der Waals surface area contributed by atoms with E-state index >= 15 is 0 Å². The Bertz CT molecular complexity index is 1650. The van der Waals surface area contributed by atoms with E-state index in [1.54, 1.807) is 23.3 Å². The minimum atomic E-state index is -1.13. The molecule has 2 bridgehead atoms. The number of rotatable bonds is 10. The minimum Gasteiger partial charge on any atom is -0.393 e. The molecule has 0 radical (unpaired) electrons. The monoisotopic (exact) mass is 686 g/mol. The molecule has 1 aromatic heterocycles. The molecule has 264 valence electrons. The molecule has 7 nitrogen and oxygen atoms in total. The topological polar surface area (TPSA) is 99.1 Å². The first-order valence-electron chi connectivity index (χ1n) is 18.4. The van der Waals surface area contributed by atoms with E-state index in [-0.39, 0.29) is 53.2 Å². The van der Waals surface area contributed by atoms with Crippen LogP contribution in [-0.2, 0) is 4.74 Å². The molecule has 9 unspecified atom stereocenters. The van der Waals surface area contributed by atoms with Crippen LogP contribution in [0, 0.1) is 40.4 Å². The number of hydrogen-bond donors (Lipinski definition) is 3. The number of aliphatic hydroxyl groups excluding tert-OH is 1. The van der Waals surface area contributed by atoms with Gasteiger partial charge < -0.3 is 25.2 Å². The third-order valence-electron chi connectivity index (χ3n) is 14.1. The largest absolute Gasteiger partial charge is 0.393 e. The lowest BCUT2D eigenvalue weighted by Gasteiger charge is -2.71. The zero-order valence-electron chi connectivity index (χ0n) is 29.8. The summed E-state index contributed by atoms with van der Waals surface area (Å²) in [7, 11) is 1.67. The number of benzene rings is 1. The summed E-state index contributed by atoms with van der Waals surface area (Å²) in [5, 5.41) is 27.1. The standard InChI is InChI=1S/C41H54N2O5S/c1-27-12-13-32(49-27)35(45)31-25-39-20-21-41(31)33(37(39,3)17-14-30(44)24-39)15-18-38(4)34(41)16-19-40(38,47)26-43(22-9-23-48-5)36(46)42-28(2)29-10-7-6-8-11-29/h6-8,10-13,20-21,25,28,30,33-34,44,47H,9,14-19,22-24,26H2,1-5H3,(H,42,46). The zero-order valence-corrected chi connectivity index (χ0v) is 30.7. The number of ether oxygens (including phenoxy) is 1. The summed E-state index contributed by atoms with van der Waals surface area (Å²) in [4.78, 5) is 32.4. The van der Waals surface area contributed by atoms with Gasteiger partial charge in [-0.1, -0.05) is 62.4 Å². The Morgan fingerprint density at radius 2 is 1.73 bits per heavy atom. The maximum absolute atomic E-state index is 14.7. The smallest absolute Gasteiger partial charge is 0.317 e. The van der Waals surface area contributed by atoms with Gasteiger partial charge in [-0.25, -0.2) is 4.79 Å². The minimum absolute atomic E-state index is 0.0327. The maximum atomic E-state index is 14.7. The molecule has 0 saturated heterocycles. The Morgan fingerprint density at radius 1 is 1.02 bits per heavy atom. The van der Waals surface area contributed by atoms with Crippen molar-refractivity contribution in [2.24, 2.45) is 33.5 Å². The number of Topliss-reactive ketones (excluding diaryl/α,β-unsaturated/α-hetero) is 1. The average Bonchev–Trinajstić information content (AvgIpc) is 3.64. The third kappa shape index (κ3) is 5.22. The van der Waals surface area contributed by atoms with Gasteiger partial charge >= 0.3 is 6.03 Å². The van der Waals surface area contributed by atoms with Crippen LogP contribution in [0.5, 0.6) is 0 Å². The highest BCUT2D eigenvalue weighted by Crippen LogP contribution is 2.78. The number of thiophene rings is 1. The molecule has 0 aliphatic heterocycles. The number of amides is 2. The van der Waals surface area contributed by atoms with Gasteiger partial charge in [0.15, 0.2) is 5.78 Å². The van der Waals surface area contributed by atoms with Crippen molar-refractivity contribution in [1.29, 1.82) is 0 Å². The lowest BCUT2D eigenvalue weighted by atomic mass is 9.32. The van der Waals surface area contributed by atoms with Gasteiger partial charge in [-0.2, -0.15) is 0 Å². The van der Waals surface area contributed by atoms with Gasteiger partial charge in [0.1, 0.15) is 0 Å². The summed E-state index contributed by atoms with van der Waals surface area (Å²) < 4.78 is 5.36. The van der Waals surface area contributed by atoms with E-state index in [9.17, 15) is 19.8 Å².